The molecule has 1 aromatic carbocycles. The molecule has 0 amide bonds. The van der Waals surface area contributed by atoms with E-state index in [9.17, 15) is 18.0 Å². The Labute approximate surface area is 273 Å². The van der Waals surface area contributed by atoms with E-state index in [0.717, 1.165) is 12.1 Å². The molecule has 0 unspecified atom stereocenters. The molecule has 0 bridgehead atoms. The molecule has 0 N–H and O–H groups in total. The lowest BCUT2D eigenvalue weighted by Crippen LogP contribution is -2.66. The summed E-state index contributed by atoms with van der Waals surface area (Å²) in [6, 6.07) is 4.10. The van der Waals surface area contributed by atoms with Crippen molar-refractivity contribution in [2.75, 3.05) is 6.61 Å². The molecule has 2 aliphatic heterocycles. The van der Waals surface area contributed by atoms with Crippen LogP contribution in [0.2, 0.25) is 27.3 Å². The minimum absolute atomic E-state index is 0.0429. The fraction of sp³-hybridized carbons (Fsp3) is 0.600. The Kier molecular flexibility index (Phi) is 9.79. The van der Waals surface area contributed by atoms with Gasteiger partial charge in [-0.3, -0.25) is 4.57 Å². The lowest BCUT2D eigenvalue weighted by atomic mass is 10.1. The van der Waals surface area contributed by atoms with Gasteiger partial charge in [0.05, 0.1) is 24.1 Å². The second-order valence-electron chi connectivity index (χ2n) is 13.1. The fourth-order valence-corrected chi connectivity index (χ4v) is 17.9. The van der Waals surface area contributed by atoms with E-state index in [4.69, 9.17) is 34.0 Å². The van der Waals surface area contributed by atoms with Crippen LogP contribution in [0.1, 0.15) is 77.5 Å². The molecule has 5 rings (SSSR count). The van der Waals surface area contributed by atoms with Crippen molar-refractivity contribution in [3.63, 3.8) is 0 Å². The molecule has 2 fully saturated rings. The van der Waals surface area contributed by atoms with Crippen LogP contribution in [-0.4, -0.2) is 67.5 Å². The predicted octanol–water partition coefficient (Wildman–Crippen LogP) is 7.58. The summed E-state index contributed by atoms with van der Waals surface area (Å²) in [6.45, 7) is 16.7. The molecule has 2 aliphatic rings. The third-order valence-corrected chi connectivity index (χ3v) is 19.4. The van der Waals surface area contributed by atoms with Gasteiger partial charge in [-0.2, -0.15) is 13.2 Å². The van der Waals surface area contributed by atoms with Gasteiger partial charge in [0.15, 0.2) is 23.1 Å². The molecular formula is C30H40ClF3N4O6Si2. The summed E-state index contributed by atoms with van der Waals surface area (Å²) in [4.78, 5) is 26.3. The summed E-state index contributed by atoms with van der Waals surface area (Å²) < 4.78 is 76.2. The summed E-state index contributed by atoms with van der Waals surface area (Å²) in [7, 11) is -6.13. The van der Waals surface area contributed by atoms with Gasteiger partial charge < -0.3 is 22.4 Å². The van der Waals surface area contributed by atoms with Crippen LogP contribution >= 0.6 is 11.6 Å². The van der Waals surface area contributed by atoms with Crippen molar-refractivity contribution in [1.29, 1.82) is 0 Å². The van der Waals surface area contributed by atoms with Gasteiger partial charge in [0, 0.05) is 0 Å². The highest BCUT2D eigenvalue weighted by atomic mass is 35.5. The molecule has 16 heteroatoms. The summed E-state index contributed by atoms with van der Waals surface area (Å²) >= 11 is 6.30. The maximum absolute atomic E-state index is 13.6. The van der Waals surface area contributed by atoms with Crippen LogP contribution in [0, 0.1) is 0 Å². The Balaban J connectivity index is 1.64. The van der Waals surface area contributed by atoms with Crippen LogP contribution in [0.25, 0.3) is 11.2 Å². The summed E-state index contributed by atoms with van der Waals surface area (Å²) in [5.74, 6) is -0.968. The largest absolute Gasteiger partial charge is 0.451 e. The topological polar surface area (TPSA) is 107 Å². The van der Waals surface area contributed by atoms with Gasteiger partial charge in [-0.15, -0.1) is 0 Å². The molecule has 252 valence electrons. The van der Waals surface area contributed by atoms with Crippen molar-refractivity contribution in [2.24, 2.45) is 0 Å². The van der Waals surface area contributed by atoms with Gasteiger partial charge in [0.1, 0.15) is 24.1 Å². The van der Waals surface area contributed by atoms with Gasteiger partial charge in [-0.1, -0.05) is 73.1 Å². The van der Waals surface area contributed by atoms with Gasteiger partial charge in [0.25, 0.3) is 0 Å². The Morgan fingerprint density at radius 2 is 1.65 bits per heavy atom. The molecule has 46 heavy (non-hydrogen) atoms. The second kappa shape index (κ2) is 12.9. The number of alkyl halides is 3. The molecule has 0 aliphatic carbocycles. The molecule has 0 radical (unpaired) electrons. The van der Waals surface area contributed by atoms with E-state index >= 15 is 0 Å². The van der Waals surface area contributed by atoms with E-state index in [0.29, 0.717) is 11.2 Å². The highest BCUT2D eigenvalue weighted by Gasteiger charge is 2.62. The van der Waals surface area contributed by atoms with Crippen molar-refractivity contribution < 1.29 is 40.4 Å². The number of aromatic nitrogens is 4. The highest BCUT2D eigenvalue weighted by molar-refractivity contribution is 6.84. The third kappa shape index (κ3) is 6.15. The summed E-state index contributed by atoms with van der Waals surface area (Å²) in [5.41, 5.74) is -0.526. The smallest absolute Gasteiger partial charge is 0.416 e. The number of halogens is 4. The maximum atomic E-state index is 13.6. The molecule has 4 atom stereocenters. The number of esters is 1. The van der Waals surface area contributed by atoms with Crippen molar-refractivity contribution in [3.05, 3.63) is 53.2 Å². The monoisotopic (exact) mass is 700 g/mol. The zero-order chi connectivity index (χ0) is 33.8. The standard InChI is InChI=1S/C30H40ClF3N4O6Si2/c1-16(2)45(17(3)4)40-13-22-24(43-46(44-45,18(5)6)19(7)8)25(42-29(39)20-10-9-11-21(12-20)30(32,33)34)28(41-22)38-15-37-23-26(31)35-14-36-27(23)38/h9-12,14-19,22,24-25,28H,13H2,1-8H3/t22-,24-,25-,28-/m1/s1. The Bertz CT molecular complexity index is 1560. The lowest BCUT2D eigenvalue weighted by Gasteiger charge is -2.51. The Morgan fingerprint density at radius 3 is 2.26 bits per heavy atom. The number of hydrogen-bond acceptors (Lipinski definition) is 9. The average Bonchev–Trinajstić information content (AvgIpc) is 3.54. The van der Waals surface area contributed by atoms with Crippen molar-refractivity contribution in [2.45, 2.75) is 108 Å². The summed E-state index contributed by atoms with van der Waals surface area (Å²) in [6.07, 6.45) is -5.72. The number of rotatable bonds is 7. The van der Waals surface area contributed by atoms with Crippen LogP contribution in [0.3, 0.4) is 0 Å². The Morgan fingerprint density at radius 1 is 1.00 bits per heavy atom. The van der Waals surface area contributed by atoms with Crippen LogP contribution in [0.15, 0.2) is 36.9 Å². The van der Waals surface area contributed by atoms with E-state index in [2.05, 4.69) is 70.3 Å². The number of benzene rings is 1. The van der Waals surface area contributed by atoms with Gasteiger partial charge >= 0.3 is 29.3 Å². The van der Waals surface area contributed by atoms with E-state index in [1.165, 1.54) is 24.8 Å². The quantitative estimate of drug-likeness (QED) is 0.140. The van der Waals surface area contributed by atoms with Crippen LogP contribution < -0.4 is 0 Å². The van der Waals surface area contributed by atoms with Crippen molar-refractivity contribution in [3.8, 4) is 0 Å². The van der Waals surface area contributed by atoms with Crippen molar-refractivity contribution in [1.82, 2.24) is 19.5 Å². The number of hydrogen-bond donors (Lipinski definition) is 0. The molecule has 0 spiro atoms. The zero-order valence-corrected chi connectivity index (χ0v) is 29.8. The number of carbonyl (C=O) groups is 1. The maximum Gasteiger partial charge on any atom is 0.416 e. The number of fused-ring (bicyclic) bond motifs is 2. The summed E-state index contributed by atoms with van der Waals surface area (Å²) in [5, 5.41) is 0.119. The van der Waals surface area contributed by atoms with Gasteiger partial charge in [-0.25, -0.2) is 19.7 Å². The van der Waals surface area contributed by atoms with Crippen LogP contribution in [0.5, 0.6) is 0 Å². The van der Waals surface area contributed by atoms with Crippen LogP contribution in [-0.2, 0) is 28.6 Å². The number of imidazole rings is 1. The minimum atomic E-state index is -4.64. The first-order valence-electron chi connectivity index (χ1n) is 15.4. The SMILES string of the molecule is CC(C)[Si]1(C(C)C)OC[C@H]2O[C@@H](n3cnc4c(Cl)ncnc43)[C@H](OC(=O)c3cccc(C(F)(F)F)c3)[C@@H]2O[Si](C(C)C)(C(C)C)O1. The molecule has 2 saturated heterocycles. The van der Waals surface area contributed by atoms with Crippen LogP contribution in [0.4, 0.5) is 13.2 Å². The van der Waals surface area contributed by atoms with Gasteiger partial charge in [-0.05, 0) is 40.4 Å². The molecule has 10 nitrogen and oxygen atoms in total. The van der Waals surface area contributed by atoms with Gasteiger partial charge in [0.2, 0.25) is 0 Å². The number of nitrogens with zero attached hydrogens (tertiary/aromatic N) is 4. The highest BCUT2D eigenvalue weighted by Crippen LogP contribution is 2.49. The molecule has 3 aromatic rings. The molecule has 0 saturated carbocycles. The normalized spacial score (nSPS) is 24.9. The minimum Gasteiger partial charge on any atom is -0.451 e. The molecule has 2 aromatic heterocycles. The zero-order valence-electron chi connectivity index (χ0n) is 27.0. The fourth-order valence-electron chi connectivity index (χ4n) is 6.50. The first-order chi connectivity index (χ1) is 21.5. The number of ether oxygens (including phenoxy) is 2. The average molecular weight is 701 g/mol. The number of carbonyl (C=O) groups excluding carboxylic acids is 1. The lowest BCUT2D eigenvalue weighted by molar-refractivity contribution is -0.137. The first kappa shape index (κ1) is 34.9. The first-order valence-corrected chi connectivity index (χ1v) is 19.7. The Hall–Kier alpha value is -2.41. The second-order valence-corrected chi connectivity index (χ2v) is 22.3. The van der Waals surface area contributed by atoms with E-state index in [1.54, 1.807) is 4.57 Å². The van der Waals surface area contributed by atoms with E-state index < -0.39 is 59.4 Å². The third-order valence-electron chi connectivity index (χ3n) is 8.87. The van der Waals surface area contributed by atoms with E-state index in [-0.39, 0.29) is 39.5 Å². The van der Waals surface area contributed by atoms with Crippen molar-refractivity contribution >= 4 is 45.9 Å². The molecular weight excluding hydrogens is 661 g/mol. The van der Waals surface area contributed by atoms with E-state index in [1.807, 2.05) is 0 Å². The molecule has 4 heterocycles. The predicted molar refractivity (Wildman–Crippen MR) is 169 cm³/mol.